The molecular formula is C19H18F3NO2S. The van der Waals surface area contributed by atoms with E-state index in [1.807, 2.05) is 0 Å². The van der Waals surface area contributed by atoms with E-state index in [1.54, 1.807) is 49.4 Å². The lowest BCUT2D eigenvalue weighted by Gasteiger charge is -2.20. The second-order valence-electron chi connectivity index (χ2n) is 5.70. The predicted octanol–water partition coefficient (Wildman–Crippen LogP) is 4.47. The molecule has 0 aliphatic rings. The highest BCUT2D eigenvalue weighted by molar-refractivity contribution is 7.89. The summed E-state index contributed by atoms with van der Waals surface area (Å²) in [6.07, 6.45) is -2.18. The third kappa shape index (κ3) is 5.31. The molecule has 0 spiro atoms. The van der Waals surface area contributed by atoms with E-state index in [4.69, 9.17) is 0 Å². The molecule has 2 aromatic carbocycles. The van der Waals surface area contributed by atoms with E-state index in [1.165, 1.54) is 18.2 Å². The number of hydrogen-bond donors (Lipinski definition) is 1. The molecule has 0 bridgehead atoms. The maximum atomic E-state index is 13.1. The van der Waals surface area contributed by atoms with Crippen molar-refractivity contribution in [1.29, 1.82) is 0 Å². The monoisotopic (exact) mass is 381 g/mol. The first-order chi connectivity index (χ1) is 12.1. The summed E-state index contributed by atoms with van der Waals surface area (Å²) >= 11 is 0. The summed E-state index contributed by atoms with van der Waals surface area (Å²) in [5.41, 5.74) is 0.284. The van der Waals surface area contributed by atoms with Gasteiger partial charge in [0, 0.05) is 5.57 Å². The van der Waals surface area contributed by atoms with E-state index in [0.29, 0.717) is 5.56 Å². The second kappa shape index (κ2) is 7.88. The number of halogens is 3. The first-order valence-corrected chi connectivity index (χ1v) is 9.16. The van der Waals surface area contributed by atoms with Gasteiger partial charge in [-0.25, -0.2) is 8.42 Å². The van der Waals surface area contributed by atoms with E-state index in [-0.39, 0.29) is 4.90 Å². The number of rotatable bonds is 6. The lowest BCUT2D eigenvalue weighted by atomic mass is 10.1. The number of nitrogens with one attached hydrogen (secondary N) is 1. The largest absolute Gasteiger partial charge is 0.413 e. The molecule has 0 saturated carbocycles. The van der Waals surface area contributed by atoms with Crippen LogP contribution in [0.4, 0.5) is 13.2 Å². The van der Waals surface area contributed by atoms with Gasteiger partial charge in [-0.1, -0.05) is 66.8 Å². The van der Waals surface area contributed by atoms with Crippen LogP contribution in [0.25, 0.3) is 6.08 Å². The number of benzene rings is 2. The van der Waals surface area contributed by atoms with Gasteiger partial charge in [-0.2, -0.15) is 17.9 Å². The van der Waals surface area contributed by atoms with Gasteiger partial charge < -0.3 is 0 Å². The molecule has 0 amide bonds. The molecule has 0 saturated heterocycles. The molecule has 0 fully saturated rings. The maximum absolute atomic E-state index is 13.1. The van der Waals surface area contributed by atoms with Gasteiger partial charge in [0.15, 0.2) is 0 Å². The highest BCUT2D eigenvalue weighted by Crippen LogP contribution is 2.28. The Balaban J connectivity index is 2.33. The molecule has 7 heteroatoms. The molecule has 1 N–H and O–H groups in total. The van der Waals surface area contributed by atoms with Crippen molar-refractivity contribution in [2.45, 2.75) is 24.0 Å². The van der Waals surface area contributed by atoms with Crippen molar-refractivity contribution < 1.29 is 21.6 Å². The fourth-order valence-corrected chi connectivity index (χ4v) is 3.31. The van der Waals surface area contributed by atoms with Crippen LogP contribution in [0.15, 0.2) is 77.7 Å². The van der Waals surface area contributed by atoms with Gasteiger partial charge >= 0.3 is 6.18 Å². The van der Waals surface area contributed by atoms with Crippen molar-refractivity contribution >= 4 is 16.1 Å². The fraction of sp³-hybridized carbons (Fsp3) is 0.158. The lowest BCUT2D eigenvalue weighted by Crippen LogP contribution is -2.38. The Morgan fingerprint density at radius 2 is 1.65 bits per heavy atom. The van der Waals surface area contributed by atoms with Gasteiger partial charge in [-0.15, -0.1) is 0 Å². The summed E-state index contributed by atoms with van der Waals surface area (Å²) in [7, 11) is -4.15. The zero-order chi connectivity index (χ0) is 19.4. The van der Waals surface area contributed by atoms with Gasteiger partial charge in [0.2, 0.25) is 10.0 Å². The Hall–Kier alpha value is -2.38. The molecule has 0 heterocycles. The van der Waals surface area contributed by atoms with E-state index < -0.39 is 27.8 Å². The smallest absolute Gasteiger partial charge is 0.207 e. The van der Waals surface area contributed by atoms with Crippen LogP contribution in [0.3, 0.4) is 0 Å². The Morgan fingerprint density at radius 1 is 1.08 bits per heavy atom. The normalized spacial score (nSPS) is 13.7. The molecule has 2 rings (SSSR count). The first kappa shape index (κ1) is 19.9. The van der Waals surface area contributed by atoms with Crippen LogP contribution < -0.4 is 4.72 Å². The Kier molecular flexibility index (Phi) is 6.05. The quantitative estimate of drug-likeness (QED) is 0.751. The van der Waals surface area contributed by atoms with E-state index >= 15 is 0 Å². The summed E-state index contributed by atoms with van der Waals surface area (Å²) < 4.78 is 66.2. The summed E-state index contributed by atoms with van der Waals surface area (Å²) in [6.45, 7) is 4.81. The molecule has 1 atom stereocenters. The van der Waals surface area contributed by atoms with Crippen LogP contribution in [-0.4, -0.2) is 20.6 Å². The number of aryl methyl sites for hydroxylation is 1. The topological polar surface area (TPSA) is 46.2 Å². The maximum Gasteiger partial charge on any atom is 0.413 e. The molecule has 2 aromatic rings. The van der Waals surface area contributed by atoms with E-state index in [0.717, 1.165) is 11.6 Å². The van der Waals surface area contributed by atoms with Crippen LogP contribution in [0.2, 0.25) is 0 Å². The average molecular weight is 381 g/mol. The second-order valence-corrected chi connectivity index (χ2v) is 7.42. The van der Waals surface area contributed by atoms with Crippen molar-refractivity contribution in [1.82, 2.24) is 4.72 Å². The molecule has 138 valence electrons. The van der Waals surface area contributed by atoms with Crippen molar-refractivity contribution in [2.75, 3.05) is 0 Å². The molecule has 0 aromatic heterocycles. The minimum atomic E-state index is -4.73. The fourth-order valence-electron chi connectivity index (χ4n) is 2.13. The minimum Gasteiger partial charge on any atom is -0.207 e. The number of hydrogen-bond acceptors (Lipinski definition) is 2. The molecule has 0 aliphatic carbocycles. The van der Waals surface area contributed by atoms with Crippen LogP contribution in [0, 0.1) is 6.92 Å². The van der Waals surface area contributed by atoms with Gasteiger partial charge in [-0.3, -0.25) is 0 Å². The highest BCUT2D eigenvalue weighted by atomic mass is 32.2. The number of sulfonamides is 1. The highest BCUT2D eigenvalue weighted by Gasteiger charge is 2.37. The van der Waals surface area contributed by atoms with Gasteiger partial charge in [-0.05, 0) is 24.6 Å². The van der Waals surface area contributed by atoms with Crippen molar-refractivity contribution in [3.8, 4) is 0 Å². The lowest BCUT2D eigenvalue weighted by molar-refractivity contribution is -0.0941. The summed E-state index contributed by atoms with van der Waals surface area (Å²) in [5.74, 6) is 0. The first-order valence-electron chi connectivity index (χ1n) is 7.68. The minimum absolute atomic E-state index is 0.115. The van der Waals surface area contributed by atoms with Gasteiger partial charge in [0.25, 0.3) is 0 Å². The molecule has 3 nitrogen and oxygen atoms in total. The molecular weight excluding hydrogens is 363 g/mol. The molecule has 1 unspecified atom stereocenters. The van der Waals surface area contributed by atoms with Crippen LogP contribution in [0.1, 0.15) is 11.1 Å². The zero-order valence-electron chi connectivity index (χ0n) is 14.0. The zero-order valence-corrected chi connectivity index (χ0v) is 14.8. The van der Waals surface area contributed by atoms with E-state index in [2.05, 4.69) is 11.3 Å². The SMILES string of the molecule is C=C(C(/C=C/c1ccccc1)NS(=O)(=O)c1ccc(C)cc1)C(F)(F)F. The molecule has 26 heavy (non-hydrogen) atoms. The van der Waals surface area contributed by atoms with Crippen molar-refractivity contribution in [2.24, 2.45) is 0 Å². The molecule has 0 radical (unpaired) electrons. The summed E-state index contributed by atoms with van der Waals surface area (Å²) in [4.78, 5) is -0.115. The Bertz CT molecular complexity index is 887. The standard InChI is InChI=1S/C19H18F3NO2S/c1-14-8-11-17(12-9-14)26(24,25)23-18(15(2)19(20,21)22)13-10-16-6-4-3-5-7-16/h3-13,18,23H,2H2,1H3/b13-10+. The third-order valence-corrected chi connectivity index (χ3v) is 5.09. The summed E-state index contributed by atoms with van der Waals surface area (Å²) in [6, 6.07) is 12.8. The van der Waals surface area contributed by atoms with Crippen LogP contribution in [-0.2, 0) is 10.0 Å². The Morgan fingerprint density at radius 3 is 2.19 bits per heavy atom. The van der Waals surface area contributed by atoms with Crippen molar-refractivity contribution in [3.05, 3.63) is 84.0 Å². The van der Waals surface area contributed by atoms with Crippen molar-refractivity contribution in [3.63, 3.8) is 0 Å². The molecule has 0 aliphatic heterocycles. The predicted molar refractivity (Wildman–Crippen MR) is 96.0 cm³/mol. The Labute approximate surface area is 150 Å². The van der Waals surface area contributed by atoms with Crippen LogP contribution >= 0.6 is 0 Å². The van der Waals surface area contributed by atoms with Gasteiger partial charge in [0.05, 0.1) is 10.9 Å². The number of alkyl halides is 3. The summed E-state index contributed by atoms with van der Waals surface area (Å²) in [5, 5.41) is 0. The van der Waals surface area contributed by atoms with E-state index in [9.17, 15) is 21.6 Å². The van der Waals surface area contributed by atoms with Crippen LogP contribution in [0.5, 0.6) is 0 Å². The average Bonchev–Trinajstić information content (AvgIpc) is 2.58. The van der Waals surface area contributed by atoms with Gasteiger partial charge in [0.1, 0.15) is 0 Å². The third-order valence-electron chi connectivity index (χ3n) is 3.63.